The fourth-order valence-corrected chi connectivity index (χ4v) is 2.16. The first-order chi connectivity index (χ1) is 9.94. The summed E-state index contributed by atoms with van der Waals surface area (Å²) < 4.78 is 36.3. The zero-order valence-corrected chi connectivity index (χ0v) is 11.7. The maximum atomic E-state index is 12.1. The maximum absolute atomic E-state index is 12.1. The van der Waals surface area contributed by atoms with Gasteiger partial charge in [0.2, 0.25) is 0 Å². The molecule has 0 fully saturated rings. The van der Waals surface area contributed by atoms with Crippen molar-refractivity contribution in [3.63, 3.8) is 0 Å². The molecule has 6 heteroatoms. The molecule has 1 aromatic heterocycles. The van der Waals surface area contributed by atoms with E-state index in [1.807, 2.05) is 37.3 Å². The van der Waals surface area contributed by atoms with Gasteiger partial charge < -0.3 is 5.32 Å². The normalized spacial score (nSPS) is 13.1. The van der Waals surface area contributed by atoms with Gasteiger partial charge in [0.05, 0.1) is 5.69 Å². The number of halogens is 3. The van der Waals surface area contributed by atoms with Gasteiger partial charge in [-0.25, -0.2) is 0 Å². The molecule has 1 heterocycles. The first kappa shape index (κ1) is 15.4. The van der Waals surface area contributed by atoms with Crippen molar-refractivity contribution in [3.8, 4) is 11.3 Å². The summed E-state index contributed by atoms with van der Waals surface area (Å²) in [6, 6.07) is 9.57. The Kier molecular flexibility index (Phi) is 4.88. The number of nitrogens with zero attached hydrogens (tertiary/aromatic N) is 1. The number of hydrogen-bond acceptors (Lipinski definition) is 2. The van der Waals surface area contributed by atoms with Gasteiger partial charge in [0.25, 0.3) is 0 Å². The van der Waals surface area contributed by atoms with E-state index in [1.165, 1.54) is 0 Å². The first-order valence-electron chi connectivity index (χ1n) is 6.87. The Hall–Kier alpha value is -1.98. The van der Waals surface area contributed by atoms with Gasteiger partial charge >= 0.3 is 6.18 Å². The maximum Gasteiger partial charge on any atom is 0.389 e. The first-order valence-corrected chi connectivity index (χ1v) is 6.87. The molecule has 1 unspecified atom stereocenters. The average Bonchev–Trinajstić information content (AvgIpc) is 2.91. The summed E-state index contributed by atoms with van der Waals surface area (Å²) in [7, 11) is 0. The number of anilines is 1. The Balaban J connectivity index is 1.89. The van der Waals surface area contributed by atoms with Crippen LogP contribution in [0.1, 0.15) is 26.2 Å². The van der Waals surface area contributed by atoms with Crippen LogP contribution in [-0.2, 0) is 0 Å². The quantitative estimate of drug-likeness (QED) is 0.817. The lowest BCUT2D eigenvalue weighted by molar-refractivity contribution is -0.135. The Morgan fingerprint density at radius 1 is 1.29 bits per heavy atom. The Morgan fingerprint density at radius 3 is 2.76 bits per heavy atom. The Morgan fingerprint density at radius 2 is 2.10 bits per heavy atom. The number of H-pyrrole nitrogens is 1. The summed E-state index contributed by atoms with van der Waals surface area (Å²) in [5.41, 5.74) is 2.78. The lowest BCUT2D eigenvalue weighted by Crippen LogP contribution is -2.16. The highest BCUT2D eigenvalue weighted by atomic mass is 19.4. The third kappa shape index (κ3) is 5.13. The molecule has 2 rings (SSSR count). The molecular weight excluding hydrogens is 279 g/mol. The fraction of sp³-hybridized carbons (Fsp3) is 0.400. The molecule has 2 aromatic rings. The molecule has 0 aliphatic rings. The van der Waals surface area contributed by atoms with Crippen LogP contribution in [0, 0.1) is 0 Å². The van der Waals surface area contributed by atoms with Gasteiger partial charge in [-0.05, 0) is 38.0 Å². The van der Waals surface area contributed by atoms with Crippen molar-refractivity contribution in [2.24, 2.45) is 0 Å². The van der Waals surface area contributed by atoms with Gasteiger partial charge in [0.15, 0.2) is 0 Å². The minimum atomic E-state index is -4.07. The number of rotatable bonds is 6. The van der Waals surface area contributed by atoms with Gasteiger partial charge in [-0.2, -0.15) is 18.3 Å². The smallest absolute Gasteiger partial charge is 0.383 e. The van der Waals surface area contributed by atoms with E-state index in [2.05, 4.69) is 15.5 Å². The predicted molar refractivity (Wildman–Crippen MR) is 77.0 cm³/mol. The molecule has 0 amide bonds. The van der Waals surface area contributed by atoms with Gasteiger partial charge in [-0.1, -0.05) is 12.1 Å². The van der Waals surface area contributed by atoms with Crippen LogP contribution in [0.3, 0.4) is 0 Å². The van der Waals surface area contributed by atoms with Crippen molar-refractivity contribution in [2.45, 2.75) is 38.4 Å². The molecule has 0 saturated carbocycles. The lowest BCUT2D eigenvalue weighted by atomic mass is 10.1. The number of nitrogens with one attached hydrogen (secondary N) is 2. The molecular formula is C15H18F3N3. The Bertz CT molecular complexity index is 550. The molecule has 0 radical (unpaired) electrons. The van der Waals surface area contributed by atoms with Gasteiger partial charge in [-0.15, -0.1) is 0 Å². The number of alkyl halides is 3. The SMILES string of the molecule is CC(CCCC(F)(F)F)Nc1cccc(-c2ccn[nH]2)c1. The summed E-state index contributed by atoms with van der Waals surface area (Å²) in [5, 5.41) is 10.0. The molecule has 3 nitrogen and oxygen atoms in total. The zero-order valence-electron chi connectivity index (χ0n) is 11.7. The molecule has 114 valence electrons. The van der Waals surface area contributed by atoms with Crippen LogP contribution in [-0.4, -0.2) is 22.4 Å². The fourth-order valence-electron chi connectivity index (χ4n) is 2.16. The molecule has 0 saturated heterocycles. The standard InChI is InChI=1S/C15H18F3N3/c1-11(4-3-8-15(16,17)18)20-13-6-2-5-12(10-13)14-7-9-19-21-14/h2,5-7,9-11,20H,3-4,8H2,1H3,(H,19,21). The van der Waals surface area contributed by atoms with E-state index in [-0.39, 0.29) is 12.5 Å². The van der Waals surface area contributed by atoms with Crippen LogP contribution in [0.25, 0.3) is 11.3 Å². The van der Waals surface area contributed by atoms with Crippen LogP contribution < -0.4 is 5.32 Å². The van der Waals surface area contributed by atoms with Crippen LogP contribution >= 0.6 is 0 Å². The van der Waals surface area contributed by atoms with Crippen LogP contribution in [0.2, 0.25) is 0 Å². The highest BCUT2D eigenvalue weighted by Crippen LogP contribution is 2.24. The summed E-state index contributed by atoms with van der Waals surface area (Å²) in [5.74, 6) is 0. The molecule has 1 atom stereocenters. The second-order valence-electron chi connectivity index (χ2n) is 5.10. The summed E-state index contributed by atoms with van der Waals surface area (Å²) in [6.07, 6.45) is -2.51. The van der Waals surface area contributed by atoms with Crippen molar-refractivity contribution in [1.29, 1.82) is 0 Å². The second-order valence-corrected chi connectivity index (χ2v) is 5.10. The van der Waals surface area contributed by atoms with E-state index in [1.54, 1.807) is 6.20 Å². The monoisotopic (exact) mass is 297 g/mol. The van der Waals surface area contributed by atoms with Gasteiger partial charge in [0, 0.05) is 29.9 Å². The van der Waals surface area contributed by atoms with Crippen molar-refractivity contribution in [2.75, 3.05) is 5.32 Å². The molecule has 0 spiro atoms. The molecule has 21 heavy (non-hydrogen) atoms. The van der Waals surface area contributed by atoms with Crippen molar-refractivity contribution in [3.05, 3.63) is 36.5 Å². The van der Waals surface area contributed by atoms with Crippen molar-refractivity contribution in [1.82, 2.24) is 10.2 Å². The lowest BCUT2D eigenvalue weighted by Gasteiger charge is -2.16. The van der Waals surface area contributed by atoms with Gasteiger partial charge in [0.1, 0.15) is 0 Å². The number of aromatic amines is 1. The zero-order chi connectivity index (χ0) is 15.3. The molecule has 0 bridgehead atoms. The minimum absolute atomic E-state index is 0.00985. The molecule has 0 aliphatic carbocycles. The topological polar surface area (TPSA) is 40.7 Å². The third-order valence-electron chi connectivity index (χ3n) is 3.18. The van der Waals surface area contributed by atoms with E-state index < -0.39 is 12.6 Å². The summed E-state index contributed by atoms with van der Waals surface area (Å²) in [4.78, 5) is 0. The Labute approximate surface area is 121 Å². The molecule has 2 N–H and O–H groups in total. The van der Waals surface area contributed by atoms with E-state index in [0.717, 1.165) is 16.9 Å². The number of benzene rings is 1. The highest BCUT2D eigenvalue weighted by Gasteiger charge is 2.26. The summed E-state index contributed by atoms with van der Waals surface area (Å²) >= 11 is 0. The summed E-state index contributed by atoms with van der Waals surface area (Å²) in [6.45, 7) is 1.89. The predicted octanol–water partition coefficient (Wildman–Crippen LogP) is 4.61. The van der Waals surface area contributed by atoms with E-state index >= 15 is 0 Å². The number of hydrogen-bond donors (Lipinski definition) is 2. The second kappa shape index (κ2) is 6.65. The molecule has 1 aromatic carbocycles. The van der Waals surface area contributed by atoms with Crippen LogP contribution in [0.5, 0.6) is 0 Å². The van der Waals surface area contributed by atoms with Crippen molar-refractivity contribution >= 4 is 5.69 Å². The highest BCUT2D eigenvalue weighted by molar-refractivity contribution is 5.64. The van der Waals surface area contributed by atoms with Crippen LogP contribution in [0.15, 0.2) is 36.5 Å². The van der Waals surface area contributed by atoms with Gasteiger partial charge in [-0.3, -0.25) is 5.10 Å². The third-order valence-corrected chi connectivity index (χ3v) is 3.18. The van der Waals surface area contributed by atoms with Crippen molar-refractivity contribution < 1.29 is 13.2 Å². The van der Waals surface area contributed by atoms with Crippen LogP contribution in [0.4, 0.5) is 18.9 Å². The largest absolute Gasteiger partial charge is 0.389 e. The van der Waals surface area contributed by atoms with E-state index in [4.69, 9.17) is 0 Å². The van der Waals surface area contributed by atoms with E-state index in [0.29, 0.717) is 6.42 Å². The van der Waals surface area contributed by atoms with E-state index in [9.17, 15) is 13.2 Å². The number of aromatic nitrogens is 2. The molecule has 0 aliphatic heterocycles. The minimum Gasteiger partial charge on any atom is -0.383 e. The average molecular weight is 297 g/mol.